The minimum Gasteiger partial charge on any atom is -0.379 e. The molecule has 0 amide bonds. The zero-order chi connectivity index (χ0) is 11.4. The molecule has 0 radical (unpaired) electrons. The molecule has 1 saturated heterocycles. The summed E-state index contributed by atoms with van der Waals surface area (Å²) < 4.78 is 5.27. The summed E-state index contributed by atoms with van der Waals surface area (Å²) in [6.07, 6.45) is 1.51. The predicted octanol–water partition coefficient (Wildman–Crippen LogP) is 1.64. The van der Waals surface area contributed by atoms with Gasteiger partial charge < -0.3 is 15.4 Å². The number of rotatable bonds is 2. The Kier molecular flexibility index (Phi) is 15.0. The Labute approximate surface area is 89.6 Å². The Morgan fingerprint density at radius 1 is 1.21 bits per heavy atom. The first-order valence-corrected chi connectivity index (χ1v) is 5.79. The number of methoxy groups -OCH3 is 1. The van der Waals surface area contributed by atoms with E-state index < -0.39 is 0 Å². The first kappa shape index (κ1) is 16.3. The van der Waals surface area contributed by atoms with Crippen LogP contribution in [0.15, 0.2) is 0 Å². The number of piperidine rings is 1. The standard InChI is InChI=1S/C7H16N2O.2C2H6/c1-8-6-3-4-9-5-7(6)10-2;2*1-2/h6-9H,3-5H2,1-2H3;2*1-2H3. The van der Waals surface area contributed by atoms with Crippen molar-refractivity contribution >= 4 is 0 Å². The van der Waals surface area contributed by atoms with Crippen molar-refractivity contribution in [2.75, 3.05) is 27.2 Å². The van der Waals surface area contributed by atoms with Crippen LogP contribution in [0.2, 0.25) is 0 Å². The molecule has 1 aliphatic rings. The number of ether oxygens (including phenoxy) is 1. The normalized spacial score (nSPS) is 25.3. The molecule has 0 bridgehead atoms. The summed E-state index contributed by atoms with van der Waals surface area (Å²) in [6.45, 7) is 10.1. The molecule has 88 valence electrons. The van der Waals surface area contributed by atoms with Crippen LogP contribution in [0.1, 0.15) is 34.1 Å². The van der Waals surface area contributed by atoms with E-state index in [1.807, 2.05) is 34.7 Å². The second-order valence-corrected chi connectivity index (χ2v) is 2.66. The first-order chi connectivity index (χ1) is 6.88. The summed E-state index contributed by atoms with van der Waals surface area (Å²) >= 11 is 0. The van der Waals surface area contributed by atoms with Crippen molar-refractivity contribution in [2.45, 2.75) is 46.3 Å². The fraction of sp³-hybridized carbons (Fsp3) is 1.00. The van der Waals surface area contributed by atoms with Gasteiger partial charge in [0.1, 0.15) is 0 Å². The van der Waals surface area contributed by atoms with E-state index >= 15 is 0 Å². The zero-order valence-electron chi connectivity index (χ0n) is 10.7. The molecule has 1 fully saturated rings. The van der Waals surface area contributed by atoms with Gasteiger partial charge in [-0.15, -0.1) is 0 Å². The van der Waals surface area contributed by atoms with Crippen LogP contribution < -0.4 is 10.6 Å². The maximum Gasteiger partial charge on any atom is 0.0848 e. The van der Waals surface area contributed by atoms with E-state index in [0.29, 0.717) is 12.1 Å². The summed E-state index contributed by atoms with van der Waals surface area (Å²) in [5.41, 5.74) is 0. The molecule has 0 aromatic heterocycles. The van der Waals surface area contributed by atoms with Crippen LogP contribution >= 0.6 is 0 Å². The topological polar surface area (TPSA) is 33.3 Å². The molecule has 1 heterocycles. The van der Waals surface area contributed by atoms with Crippen molar-refractivity contribution in [3.8, 4) is 0 Å². The quantitative estimate of drug-likeness (QED) is 0.717. The summed E-state index contributed by atoms with van der Waals surface area (Å²) in [4.78, 5) is 0. The van der Waals surface area contributed by atoms with Crippen molar-refractivity contribution in [1.82, 2.24) is 10.6 Å². The van der Waals surface area contributed by atoms with Gasteiger partial charge in [-0.3, -0.25) is 0 Å². The third-order valence-corrected chi connectivity index (χ3v) is 2.10. The fourth-order valence-corrected chi connectivity index (χ4v) is 1.41. The van der Waals surface area contributed by atoms with Crippen molar-refractivity contribution in [3.63, 3.8) is 0 Å². The average molecular weight is 204 g/mol. The van der Waals surface area contributed by atoms with Crippen LogP contribution in [0.25, 0.3) is 0 Å². The molecular formula is C11H28N2O. The van der Waals surface area contributed by atoms with Gasteiger partial charge in [0.05, 0.1) is 6.10 Å². The molecule has 1 aliphatic heterocycles. The van der Waals surface area contributed by atoms with Crippen molar-refractivity contribution in [3.05, 3.63) is 0 Å². The van der Waals surface area contributed by atoms with E-state index in [1.54, 1.807) is 7.11 Å². The van der Waals surface area contributed by atoms with Crippen LogP contribution in [-0.2, 0) is 4.74 Å². The van der Waals surface area contributed by atoms with Crippen molar-refractivity contribution in [2.24, 2.45) is 0 Å². The Morgan fingerprint density at radius 2 is 1.79 bits per heavy atom. The van der Waals surface area contributed by atoms with Crippen molar-refractivity contribution in [1.29, 1.82) is 0 Å². The summed E-state index contributed by atoms with van der Waals surface area (Å²) in [5.74, 6) is 0. The molecule has 2 unspecified atom stereocenters. The smallest absolute Gasteiger partial charge is 0.0848 e. The SMILES string of the molecule is CC.CC.CNC1CCNCC1OC. The highest BCUT2D eigenvalue weighted by atomic mass is 16.5. The maximum atomic E-state index is 5.27. The van der Waals surface area contributed by atoms with E-state index in [9.17, 15) is 0 Å². The third kappa shape index (κ3) is 6.35. The number of hydrogen-bond donors (Lipinski definition) is 2. The minimum atomic E-state index is 0.346. The van der Waals surface area contributed by atoms with Gasteiger partial charge in [0.2, 0.25) is 0 Å². The molecule has 14 heavy (non-hydrogen) atoms. The molecule has 0 aromatic carbocycles. The van der Waals surface area contributed by atoms with Gasteiger partial charge >= 0.3 is 0 Å². The third-order valence-electron chi connectivity index (χ3n) is 2.10. The van der Waals surface area contributed by atoms with Gasteiger partial charge in [0, 0.05) is 19.7 Å². The average Bonchev–Trinajstić information content (AvgIpc) is 2.34. The molecule has 0 aromatic rings. The largest absolute Gasteiger partial charge is 0.379 e. The van der Waals surface area contributed by atoms with Crippen LogP contribution in [-0.4, -0.2) is 39.4 Å². The molecule has 0 saturated carbocycles. The lowest BCUT2D eigenvalue weighted by molar-refractivity contribution is 0.0545. The van der Waals surface area contributed by atoms with Gasteiger partial charge in [0.15, 0.2) is 0 Å². The Morgan fingerprint density at radius 3 is 2.14 bits per heavy atom. The van der Waals surface area contributed by atoms with Crippen LogP contribution in [0, 0.1) is 0 Å². The molecule has 0 spiro atoms. The van der Waals surface area contributed by atoms with Gasteiger partial charge in [-0.25, -0.2) is 0 Å². The molecule has 3 heteroatoms. The second kappa shape index (κ2) is 12.9. The molecule has 3 nitrogen and oxygen atoms in total. The van der Waals surface area contributed by atoms with Crippen LogP contribution in [0.5, 0.6) is 0 Å². The fourth-order valence-electron chi connectivity index (χ4n) is 1.41. The number of nitrogens with one attached hydrogen (secondary N) is 2. The van der Waals surface area contributed by atoms with E-state index in [0.717, 1.165) is 19.5 Å². The number of hydrogen-bond acceptors (Lipinski definition) is 3. The summed E-state index contributed by atoms with van der Waals surface area (Å²) in [7, 11) is 3.75. The molecule has 0 aliphatic carbocycles. The van der Waals surface area contributed by atoms with Crippen molar-refractivity contribution < 1.29 is 4.74 Å². The van der Waals surface area contributed by atoms with Gasteiger partial charge in [-0.2, -0.15) is 0 Å². The lowest BCUT2D eigenvalue weighted by atomic mass is 10.0. The van der Waals surface area contributed by atoms with Crippen LogP contribution in [0.4, 0.5) is 0 Å². The molecule has 2 atom stereocenters. The molecule has 1 rings (SSSR count). The highest BCUT2D eigenvalue weighted by Crippen LogP contribution is 2.05. The van der Waals surface area contributed by atoms with Gasteiger partial charge in [0.25, 0.3) is 0 Å². The molecule has 2 N–H and O–H groups in total. The lowest BCUT2D eigenvalue weighted by Gasteiger charge is -2.30. The second-order valence-electron chi connectivity index (χ2n) is 2.66. The summed E-state index contributed by atoms with van der Waals surface area (Å²) in [5, 5.41) is 6.52. The summed E-state index contributed by atoms with van der Waals surface area (Å²) in [6, 6.07) is 0.534. The minimum absolute atomic E-state index is 0.346. The first-order valence-electron chi connectivity index (χ1n) is 5.79. The van der Waals surface area contributed by atoms with Crippen LogP contribution in [0.3, 0.4) is 0 Å². The predicted molar refractivity (Wildman–Crippen MR) is 63.8 cm³/mol. The Balaban J connectivity index is 0. The zero-order valence-corrected chi connectivity index (χ0v) is 10.7. The highest BCUT2D eigenvalue weighted by Gasteiger charge is 2.22. The van der Waals surface area contributed by atoms with Gasteiger partial charge in [-0.1, -0.05) is 27.7 Å². The Bertz CT molecular complexity index is 87.3. The highest BCUT2D eigenvalue weighted by molar-refractivity contribution is 4.82. The van der Waals surface area contributed by atoms with Gasteiger partial charge in [-0.05, 0) is 20.0 Å². The Hall–Kier alpha value is -0.120. The van der Waals surface area contributed by atoms with E-state index in [4.69, 9.17) is 4.74 Å². The van der Waals surface area contributed by atoms with E-state index in [2.05, 4.69) is 10.6 Å². The van der Waals surface area contributed by atoms with E-state index in [-0.39, 0.29) is 0 Å². The number of likely N-dealkylation sites (N-methyl/N-ethyl adjacent to an activating group) is 1. The van der Waals surface area contributed by atoms with E-state index in [1.165, 1.54) is 0 Å². The monoisotopic (exact) mass is 204 g/mol. The lowest BCUT2D eigenvalue weighted by Crippen LogP contribution is -2.50. The maximum absolute atomic E-state index is 5.27. The molecular weight excluding hydrogens is 176 g/mol.